The topological polar surface area (TPSA) is 75.7 Å². The Bertz CT molecular complexity index is 691. The van der Waals surface area contributed by atoms with Gasteiger partial charge in [-0.15, -0.1) is 0 Å². The molecule has 0 saturated carbocycles. The second kappa shape index (κ2) is 7.21. The standard InChI is InChI=1S/C17H28N2O4S/c1-16(2,3)12-17(4,5)18-15(20)13-9-8-10-14(11-13)24(21,22)19(6)23-7/h8-11H,12H2,1-7H3,(H,18,20). The Morgan fingerprint density at radius 3 is 2.29 bits per heavy atom. The highest BCUT2D eigenvalue weighted by atomic mass is 32.2. The van der Waals surface area contributed by atoms with E-state index in [1.807, 2.05) is 13.8 Å². The first-order valence-corrected chi connectivity index (χ1v) is 9.18. The molecule has 0 heterocycles. The van der Waals surface area contributed by atoms with E-state index < -0.39 is 15.6 Å². The van der Waals surface area contributed by atoms with Crippen molar-refractivity contribution in [1.82, 2.24) is 9.79 Å². The molecule has 0 saturated heterocycles. The molecule has 6 nitrogen and oxygen atoms in total. The zero-order valence-electron chi connectivity index (χ0n) is 15.5. The summed E-state index contributed by atoms with van der Waals surface area (Å²) in [5.41, 5.74) is -0.0565. The zero-order chi connectivity index (χ0) is 18.8. The van der Waals surface area contributed by atoms with Gasteiger partial charge in [-0.3, -0.25) is 9.63 Å². The Morgan fingerprint density at radius 2 is 1.79 bits per heavy atom. The van der Waals surface area contributed by atoms with E-state index >= 15 is 0 Å². The van der Waals surface area contributed by atoms with Gasteiger partial charge in [0.2, 0.25) is 0 Å². The number of nitrogens with zero attached hydrogens (tertiary/aromatic N) is 1. The predicted octanol–water partition coefficient (Wildman–Crippen LogP) is 2.81. The predicted molar refractivity (Wildman–Crippen MR) is 94.0 cm³/mol. The monoisotopic (exact) mass is 356 g/mol. The van der Waals surface area contributed by atoms with Gasteiger partial charge in [0, 0.05) is 18.2 Å². The van der Waals surface area contributed by atoms with Gasteiger partial charge in [0.1, 0.15) is 0 Å². The molecule has 1 N–H and O–H groups in total. The van der Waals surface area contributed by atoms with E-state index in [1.54, 1.807) is 12.1 Å². The van der Waals surface area contributed by atoms with E-state index in [0.717, 1.165) is 10.9 Å². The van der Waals surface area contributed by atoms with E-state index in [0.29, 0.717) is 5.56 Å². The van der Waals surface area contributed by atoms with Crippen molar-refractivity contribution in [3.05, 3.63) is 29.8 Å². The summed E-state index contributed by atoms with van der Waals surface area (Å²) in [7, 11) is -1.22. The number of hydroxylamine groups is 1. The zero-order valence-corrected chi connectivity index (χ0v) is 16.3. The van der Waals surface area contributed by atoms with Gasteiger partial charge < -0.3 is 5.32 Å². The molecule has 0 spiro atoms. The molecule has 1 rings (SSSR count). The van der Waals surface area contributed by atoms with Crippen LogP contribution in [0.2, 0.25) is 0 Å². The van der Waals surface area contributed by atoms with E-state index in [4.69, 9.17) is 4.84 Å². The Hall–Kier alpha value is -1.44. The van der Waals surface area contributed by atoms with E-state index in [-0.39, 0.29) is 16.2 Å². The number of hydrogen-bond acceptors (Lipinski definition) is 4. The number of amides is 1. The quantitative estimate of drug-likeness (QED) is 0.795. The molecule has 0 fully saturated rings. The Kier molecular flexibility index (Phi) is 6.19. The SMILES string of the molecule is CON(C)S(=O)(=O)c1cccc(C(=O)NC(C)(C)CC(C)(C)C)c1. The summed E-state index contributed by atoms with van der Waals surface area (Å²) >= 11 is 0. The number of rotatable bonds is 6. The summed E-state index contributed by atoms with van der Waals surface area (Å²) in [6.45, 7) is 10.2. The lowest BCUT2D eigenvalue weighted by Crippen LogP contribution is -2.45. The fourth-order valence-electron chi connectivity index (χ4n) is 2.79. The molecule has 1 amide bonds. The van der Waals surface area contributed by atoms with Gasteiger partial charge in [-0.05, 0) is 43.9 Å². The third kappa shape index (κ3) is 5.58. The van der Waals surface area contributed by atoms with Crippen LogP contribution in [0, 0.1) is 5.41 Å². The molecule has 1 aromatic rings. The van der Waals surface area contributed by atoms with E-state index in [1.165, 1.54) is 26.3 Å². The smallest absolute Gasteiger partial charge is 0.264 e. The lowest BCUT2D eigenvalue weighted by atomic mass is 9.81. The van der Waals surface area contributed by atoms with Gasteiger partial charge in [0.25, 0.3) is 15.9 Å². The molecular formula is C17H28N2O4S. The molecule has 0 aliphatic carbocycles. The van der Waals surface area contributed by atoms with Crippen LogP contribution in [0.25, 0.3) is 0 Å². The summed E-state index contributed by atoms with van der Waals surface area (Å²) in [6.07, 6.45) is 0.788. The van der Waals surface area contributed by atoms with Crippen molar-refractivity contribution >= 4 is 15.9 Å². The first-order chi connectivity index (χ1) is 10.8. The molecule has 7 heteroatoms. The third-order valence-electron chi connectivity index (χ3n) is 3.41. The lowest BCUT2D eigenvalue weighted by Gasteiger charge is -2.33. The largest absolute Gasteiger partial charge is 0.347 e. The maximum atomic E-state index is 12.5. The lowest BCUT2D eigenvalue weighted by molar-refractivity contribution is -0.0258. The van der Waals surface area contributed by atoms with Crippen molar-refractivity contribution in [1.29, 1.82) is 0 Å². The van der Waals surface area contributed by atoms with Crippen LogP contribution in [0.3, 0.4) is 0 Å². The molecule has 0 aliphatic heterocycles. The molecule has 1 aromatic carbocycles. The Morgan fingerprint density at radius 1 is 1.21 bits per heavy atom. The summed E-state index contributed by atoms with van der Waals surface area (Å²) in [5.74, 6) is -0.304. The summed E-state index contributed by atoms with van der Waals surface area (Å²) in [6, 6.07) is 5.92. The number of carbonyl (C=O) groups excluding carboxylic acids is 1. The fourth-order valence-corrected chi connectivity index (χ4v) is 3.81. The van der Waals surface area contributed by atoms with Crippen LogP contribution in [0.1, 0.15) is 51.4 Å². The molecule has 24 heavy (non-hydrogen) atoms. The highest BCUT2D eigenvalue weighted by Crippen LogP contribution is 2.27. The number of hydrogen-bond donors (Lipinski definition) is 1. The average Bonchev–Trinajstić information content (AvgIpc) is 2.43. The summed E-state index contributed by atoms with van der Waals surface area (Å²) in [4.78, 5) is 17.3. The molecular weight excluding hydrogens is 328 g/mol. The Balaban J connectivity index is 3.04. The van der Waals surface area contributed by atoms with Gasteiger partial charge in [0.05, 0.1) is 12.0 Å². The van der Waals surface area contributed by atoms with Crippen LogP contribution < -0.4 is 5.32 Å². The van der Waals surface area contributed by atoms with Crippen molar-refractivity contribution < 1.29 is 18.0 Å². The van der Waals surface area contributed by atoms with Crippen LogP contribution in [0.15, 0.2) is 29.2 Å². The van der Waals surface area contributed by atoms with Gasteiger partial charge in [-0.2, -0.15) is 0 Å². The molecule has 0 radical (unpaired) electrons. The number of nitrogens with one attached hydrogen (secondary N) is 1. The van der Waals surface area contributed by atoms with Crippen molar-refractivity contribution in [3.63, 3.8) is 0 Å². The van der Waals surface area contributed by atoms with Gasteiger partial charge in [-0.25, -0.2) is 8.42 Å². The molecule has 136 valence electrons. The Labute approximate surface area is 145 Å². The second-order valence-corrected chi connectivity index (χ2v) is 9.64. The van der Waals surface area contributed by atoms with Crippen LogP contribution in [-0.2, 0) is 14.9 Å². The van der Waals surface area contributed by atoms with Crippen LogP contribution in [-0.4, -0.2) is 38.5 Å². The average molecular weight is 356 g/mol. The third-order valence-corrected chi connectivity index (χ3v) is 5.09. The van der Waals surface area contributed by atoms with Crippen molar-refractivity contribution in [2.75, 3.05) is 14.2 Å². The van der Waals surface area contributed by atoms with Crippen molar-refractivity contribution in [2.24, 2.45) is 5.41 Å². The number of sulfonamides is 1. The fraction of sp³-hybridized carbons (Fsp3) is 0.588. The first-order valence-electron chi connectivity index (χ1n) is 7.74. The van der Waals surface area contributed by atoms with Crippen LogP contribution in [0.5, 0.6) is 0 Å². The molecule has 0 bridgehead atoms. The number of carbonyl (C=O) groups is 1. The maximum Gasteiger partial charge on any atom is 0.264 e. The van der Waals surface area contributed by atoms with Gasteiger partial charge in [-0.1, -0.05) is 31.3 Å². The van der Waals surface area contributed by atoms with Crippen molar-refractivity contribution in [3.8, 4) is 0 Å². The molecule has 0 aliphatic rings. The van der Waals surface area contributed by atoms with Gasteiger partial charge >= 0.3 is 0 Å². The minimum Gasteiger partial charge on any atom is -0.347 e. The highest BCUT2D eigenvalue weighted by Gasteiger charge is 2.28. The molecule has 0 atom stereocenters. The van der Waals surface area contributed by atoms with Crippen LogP contribution >= 0.6 is 0 Å². The normalized spacial score (nSPS) is 13.2. The first kappa shape index (κ1) is 20.6. The van der Waals surface area contributed by atoms with Crippen LogP contribution in [0.4, 0.5) is 0 Å². The summed E-state index contributed by atoms with van der Waals surface area (Å²) < 4.78 is 25.3. The molecule has 0 aromatic heterocycles. The minimum atomic E-state index is -3.79. The number of benzene rings is 1. The minimum absolute atomic E-state index is 0.00753. The highest BCUT2D eigenvalue weighted by molar-refractivity contribution is 7.89. The van der Waals surface area contributed by atoms with E-state index in [2.05, 4.69) is 26.1 Å². The van der Waals surface area contributed by atoms with Crippen molar-refractivity contribution in [2.45, 2.75) is 51.5 Å². The second-order valence-electron chi connectivity index (χ2n) is 7.70. The van der Waals surface area contributed by atoms with E-state index in [9.17, 15) is 13.2 Å². The summed E-state index contributed by atoms with van der Waals surface area (Å²) in [5, 5.41) is 2.97. The van der Waals surface area contributed by atoms with Gasteiger partial charge in [0.15, 0.2) is 0 Å². The maximum absolute atomic E-state index is 12.5. The molecule has 0 unspecified atom stereocenters.